The molecule has 1 saturated heterocycles. The number of nitrogens with zero attached hydrogens (tertiary/aromatic N) is 2. The first-order chi connectivity index (χ1) is 8.69. The number of nitrogens with two attached hydrogens (primary N) is 1. The number of aromatic nitrogens is 2. The Balaban J connectivity index is 0.00000180. The van der Waals surface area contributed by atoms with Gasteiger partial charge in [-0.1, -0.05) is 0 Å². The monoisotopic (exact) mass is 324 g/mol. The van der Waals surface area contributed by atoms with Crippen LogP contribution in [0.25, 0.3) is 0 Å². The predicted molar refractivity (Wildman–Crippen MR) is 81.3 cm³/mol. The Morgan fingerprint density at radius 2 is 2.30 bits per heavy atom. The number of rotatable bonds is 5. The second-order valence-electron chi connectivity index (χ2n) is 4.70. The number of carbonyl (C=O) groups excluding carboxylic acids is 1. The van der Waals surface area contributed by atoms with Crippen molar-refractivity contribution in [2.75, 3.05) is 6.54 Å². The molecule has 1 aliphatic heterocycles. The Labute approximate surface area is 131 Å². The SMILES string of the molecule is CC(Cn1cccn1)NC(=O)[C@@H]1CC[C@H](CN)O1.Cl.Cl. The van der Waals surface area contributed by atoms with Gasteiger partial charge in [-0.25, -0.2) is 0 Å². The van der Waals surface area contributed by atoms with Crippen LogP contribution in [0, 0.1) is 0 Å². The highest BCUT2D eigenvalue weighted by atomic mass is 35.5. The van der Waals surface area contributed by atoms with Crippen molar-refractivity contribution in [2.45, 2.75) is 44.6 Å². The van der Waals surface area contributed by atoms with Gasteiger partial charge in [-0.15, -0.1) is 24.8 Å². The lowest BCUT2D eigenvalue weighted by molar-refractivity contribution is -0.132. The van der Waals surface area contributed by atoms with E-state index < -0.39 is 0 Å². The fraction of sp³-hybridized carbons (Fsp3) is 0.667. The zero-order valence-electron chi connectivity index (χ0n) is 11.4. The van der Waals surface area contributed by atoms with E-state index in [9.17, 15) is 4.79 Å². The summed E-state index contributed by atoms with van der Waals surface area (Å²) < 4.78 is 7.34. The maximum Gasteiger partial charge on any atom is 0.249 e. The second-order valence-corrected chi connectivity index (χ2v) is 4.70. The zero-order valence-corrected chi connectivity index (χ0v) is 13.0. The average Bonchev–Trinajstić information content (AvgIpc) is 2.98. The van der Waals surface area contributed by atoms with Gasteiger partial charge in [0.05, 0.1) is 12.6 Å². The predicted octanol–water partition coefficient (Wildman–Crippen LogP) is 0.738. The van der Waals surface area contributed by atoms with Crippen molar-refractivity contribution in [3.05, 3.63) is 18.5 Å². The molecule has 8 heteroatoms. The molecular formula is C12H22Cl2N4O2. The van der Waals surface area contributed by atoms with E-state index in [2.05, 4.69) is 10.4 Å². The standard InChI is InChI=1S/C12H20N4O2.2ClH/c1-9(8-16-6-2-5-14-16)15-12(17)11-4-3-10(7-13)18-11;;/h2,5-6,9-11H,3-4,7-8,13H2,1H3,(H,15,17);2*1H/t9?,10-,11+;;/m1../s1. The van der Waals surface area contributed by atoms with Crippen molar-refractivity contribution in [3.63, 3.8) is 0 Å². The van der Waals surface area contributed by atoms with Crippen molar-refractivity contribution in [3.8, 4) is 0 Å². The molecule has 0 radical (unpaired) electrons. The van der Waals surface area contributed by atoms with E-state index in [0.717, 1.165) is 12.8 Å². The Bertz CT molecular complexity index is 389. The molecule has 0 saturated carbocycles. The Hall–Kier alpha value is -0.820. The third kappa shape index (κ3) is 5.28. The summed E-state index contributed by atoms with van der Waals surface area (Å²) in [4.78, 5) is 11.9. The zero-order chi connectivity index (χ0) is 13.0. The smallest absolute Gasteiger partial charge is 0.249 e. The molecule has 3 atom stereocenters. The molecule has 1 amide bonds. The van der Waals surface area contributed by atoms with E-state index in [0.29, 0.717) is 13.1 Å². The largest absolute Gasteiger partial charge is 0.364 e. The van der Waals surface area contributed by atoms with Crippen LogP contribution >= 0.6 is 24.8 Å². The third-order valence-electron chi connectivity index (χ3n) is 3.07. The molecule has 2 rings (SSSR count). The van der Waals surface area contributed by atoms with Crippen LogP contribution in [-0.2, 0) is 16.1 Å². The van der Waals surface area contributed by atoms with E-state index in [4.69, 9.17) is 10.5 Å². The lowest BCUT2D eigenvalue weighted by atomic mass is 10.2. The van der Waals surface area contributed by atoms with Crippen molar-refractivity contribution < 1.29 is 9.53 Å². The fourth-order valence-corrected chi connectivity index (χ4v) is 2.14. The van der Waals surface area contributed by atoms with E-state index in [-0.39, 0.29) is 49.0 Å². The van der Waals surface area contributed by atoms with E-state index in [1.54, 1.807) is 10.9 Å². The molecule has 20 heavy (non-hydrogen) atoms. The Kier molecular flexibility index (Phi) is 8.80. The normalized spacial score (nSPS) is 22.5. The molecular weight excluding hydrogens is 303 g/mol. The molecule has 0 aliphatic carbocycles. The molecule has 6 nitrogen and oxygen atoms in total. The molecule has 1 unspecified atom stereocenters. The molecule has 1 fully saturated rings. The van der Waals surface area contributed by atoms with Gasteiger partial charge in [-0.2, -0.15) is 5.10 Å². The lowest BCUT2D eigenvalue weighted by Crippen LogP contribution is -2.42. The molecule has 0 bridgehead atoms. The summed E-state index contributed by atoms with van der Waals surface area (Å²) >= 11 is 0. The molecule has 0 spiro atoms. The first kappa shape index (κ1) is 19.2. The molecule has 1 aliphatic rings. The number of ether oxygens (including phenoxy) is 1. The number of carbonyl (C=O) groups is 1. The lowest BCUT2D eigenvalue weighted by Gasteiger charge is -2.17. The van der Waals surface area contributed by atoms with Crippen LogP contribution in [0.1, 0.15) is 19.8 Å². The van der Waals surface area contributed by atoms with Gasteiger partial charge >= 0.3 is 0 Å². The molecule has 1 aromatic rings. The van der Waals surface area contributed by atoms with Gasteiger partial charge in [0.15, 0.2) is 0 Å². The maximum atomic E-state index is 11.9. The highest BCUT2D eigenvalue weighted by Crippen LogP contribution is 2.18. The summed E-state index contributed by atoms with van der Waals surface area (Å²) in [5.41, 5.74) is 5.52. The minimum Gasteiger partial charge on any atom is -0.364 e. The molecule has 116 valence electrons. The van der Waals surface area contributed by atoms with Crippen molar-refractivity contribution in [1.82, 2.24) is 15.1 Å². The highest BCUT2D eigenvalue weighted by Gasteiger charge is 2.30. The number of hydrogen-bond acceptors (Lipinski definition) is 4. The summed E-state index contributed by atoms with van der Waals surface area (Å²) in [5.74, 6) is -0.0504. The van der Waals surface area contributed by atoms with E-state index in [1.807, 2.05) is 19.2 Å². The Morgan fingerprint density at radius 3 is 2.85 bits per heavy atom. The van der Waals surface area contributed by atoms with Gasteiger partial charge in [0.1, 0.15) is 6.10 Å². The van der Waals surface area contributed by atoms with Crippen LogP contribution in [0.4, 0.5) is 0 Å². The van der Waals surface area contributed by atoms with Crippen molar-refractivity contribution in [2.24, 2.45) is 5.73 Å². The van der Waals surface area contributed by atoms with Crippen molar-refractivity contribution >= 4 is 30.7 Å². The maximum absolute atomic E-state index is 11.9. The van der Waals surface area contributed by atoms with Gasteiger partial charge in [-0.3, -0.25) is 9.48 Å². The van der Waals surface area contributed by atoms with Crippen LogP contribution in [0.2, 0.25) is 0 Å². The molecule has 2 heterocycles. The summed E-state index contributed by atoms with van der Waals surface area (Å²) in [7, 11) is 0. The summed E-state index contributed by atoms with van der Waals surface area (Å²) in [5, 5.41) is 7.04. The van der Waals surface area contributed by atoms with Crippen LogP contribution < -0.4 is 11.1 Å². The molecule has 0 aromatic carbocycles. The van der Waals surface area contributed by atoms with E-state index >= 15 is 0 Å². The van der Waals surface area contributed by atoms with Gasteiger partial charge < -0.3 is 15.8 Å². The topological polar surface area (TPSA) is 82.2 Å². The first-order valence-electron chi connectivity index (χ1n) is 6.32. The minimum absolute atomic E-state index is 0. The highest BCUT2D eigenvalue weighted by molar-refractivity contribution is 5.85. The average molecular weight is 325 g/mol. The van der Waals surface area contributed by atoms with Gasteiger partial charge in [0, 0.05) is 25.0 Å². The molecule has 1 aromatic heterocycles. The molecule has 3 N–H and O–H groups in total. The van der Waals surface area contributed by atoms with Crippen LogP contribution in [0.3, 0.4) is 0 Å². The van der Waals surface area contributed by atoms with Crippen LogP contribution in [0.5, 0.6) is 0 Å². The Morgan fingerprint density at radius 1 is 1.55 bits per heavy atom. The number of nitrogens with one attached hydrogen (secondary N) is 1. The van der Waals surface area contributed by atoms with Gasteiger partial charge in [0.25, 0.3) is 0 Å². The van der Waals surface area contributed by atoms with Crippen LogP contribution in [0.15, 0.2) is 18.5 Å². The number of halogens is 2. The minimum atomic E-state index is -0.348. The van der Waals surface area contributed by atoms with Crippen LogP contribution in [-0.4, -0.2) is 40.5 Å². The third-order valence-corrected chi connectivity index (χ3v) is 3.07. The van der Waals surface area contributed by atoms with E-state index in [1.165, 1.54) is 0 Å². The quantitative estimate of drug-likeness (QED) is 0.836. The number of amides is 1. The summed E-state index contributed by atoms with van der Waals surface area (Å²) in [6.07, 6.45) is 4.89. The summed E-state index contributed by atoms with van der Waals surface area (Å²) in [6, 6.07) is 1.89. The second kappa shape index (κ2) is 9.18. The fourth-order valence-electron chi connectivity index (χ4n) is 2.14. The van der Waals surface area contributed by atoms with Gasteiger partial charge in [0.2, 0.25) is 5.91 Å². The van der Waals surface area contributed by atoms with Crippen molar-refractivity contribution in [1.29, 1.82) is 0 Å². The number of hydrogen-bond donors (Lipinski definition) is 2. The first-order valence-corrected chi connectivity index (χ1v) is 6.32. The summed E-state index contributed by atoms with van der Waals surface area (Å²) in [6.45, 7) is 3.09. The van der Waals surface area contributed by atoms with Gasteiger partial charge in [-0.05, 0) is 25.8 Å².